The maximum atomic E-state index is 12.6. The van der Waals surface area contributed by atoms with Crippen LogP contribution in [0.5, 0.6) is 0 Å². The quantitative estimate of drug-likeness (QED) is 0.623. The number of carbonyl (C=O) groups is 1. The summed E-state index contributed by atoms with van der Waals surface area (Å²) in [6, 6.07) is 8.15. The van der Waals surface area contributed by atoms with Gasteiger partial charge in [-0.1, -0.05) is 12.1 Å². The van der Waals surface area contributed by atoms with Crippen LogP contribution in [0.4, 0.5) is 0 Å². The second-order valence-electron chi connectivity index (χ2n) is 7.59. The van der Waals surface area contributed by atoms with Crippen LogP contribution in [0.2, 0.25) is 0 Å². The van der Waals surface area contributed by atoms with E-state index in [0.29, 0.717) is 13.0 Å². The Morgan fingerprint density at radius 2 is 2.00 bits per heavy atom. The smallest absolute Gasteiger partial charge is 0.343 e. The highest BCUT2D eigenvalue weighted by Gasteiger charge is 2.27. The van der Waals surface area contributed by atoms with E-state index >= 15 is 0 Å². The van der Waals surface area contributed by atoms with Crippen molar-refractivity contribution in [2.24, 2.45) is 7.05 Å². The van der Waals surface area contributed by atoms with Gasteiger partial charge in [0.15, 0.2) is 0 Å². The zero-order valence-corrected chi connectivity index (χ0v) is 17.8. The van der Waals surface area contributed by atoms with Crippen molar-refractivity contribution in [3.8, 4) is 0 Å². The van der Waals surface area contributed by atoms with Gasteiger partial charge >= 0.3 is 5.69 Å². The van der Waals surface area contributed by atoms with Crippen molar-refractivity contribution in [2.45, 2.75) is 51.5 Å². The van der Waals surface area contributed by atoms with Crippen molar-refractivity contribution < 1.29 is 4.79 Å². The minimum atomic E-state index is -0.0594. The Morgan fingerprint density at radius 1 is 1.24 bits per heavy atom. The summed E-state index contributed by atoms with van der Waals surface area (Å²) < 4.78 is 4.37. The Morgan fingerprint density at radius 3 is 2.72 bits per heavy atom. The molecule has 4 rings (SSSR count). The zero-order chi connectivity index (χ0) is 20.4. The van der Waals surface area contributed by atoms with E-state index in [1.165, 1.54) is 9.38 Å². The molecule has 1 fully saturated rings. The van der Waals surface area contributed by atoms with Crippen molar-refractivity contribution in [2.75, 3.05) is 13.1 Å². The Bertz CT molecular complexity index is 1030. The highest BCUT2D eigenvalue weighted by atomic mass is 32.1. The van der Waals surface area contributed by atoms with Gasteiger partial charge in [0.25, 0.3) is 0 Å². The average molecular weight is 414 g/mol. The number of aromatic nitrogens is 4. The number of fused-ring (bicyclic) bond motifs is 1. The van der Waals surface area contributed by atoms with Gasteiger partial charge in [-0.2, -0.15) is 5.10 Å². The summed E-state index contributed by atoms with van der Waals surface area (Å²) in [6.07, 6.45) is 3.95. The number of nitrogens with zero attached hydrogens (tertiary/aromatic N) is 5. The second-order valence-corrected chi connectivity index (χ2v) is 8.71. The number of benzene rings is 1. The van der Waals surface area contributed by atoms with E-state index in [4.69, 9.17) is 0 Å². The molecule has 0 atom stereocenters. The van der Waals surface area contributed by atoms with Crippen LogP contribution < -0.4 is 5.69 Å². The molecule has 0 aliphatic carbocycles. The molecular formula is C21H27N5O2S. The summed E-state index contributed by atoms with van der Waals surface area (Å²) >= 11 is 1.72. The molecule has 0 unspecified atom stereocenters. The lowest BCUT2D eigenvalue weighted by molar-refractivity contribution is -0.132. The third kappa shape index (κ3) is 4.12. The van der Waals surface area contributed by atoms with Gasteiger partial charge in [0.05, 0.1) is 15.2 Å². The van der Waals surface area contributed by atoms with Gasteiger partial charge in [0.2, 0.25) is 5.91 Å². The lowest BCUT2D eigenvalue weighted by Gasteiger charge is -2.31. The first-order chi connectivity index (χ1) is 14.1. The highest BCUT2D eigenvalue weighted by molar-refractivity contribution is 7.18. The molecule has 1 amide bonds. The molecular weight excluding hydrogens is 386 g/mol. The normalized spacial score (nSPS) is 15.3. The summed E-state index contributed by atoms with van der Waals surface area (Å²) in [5.74, 6) is 1.33. The van der Waals surface area contributed by atoms with Crippen LogP contribution in [0.25, 0.3) is 10.2 Å². The lowest BCUT2D eigenvalue weighted by Crippen LogP contribution is -2.38. The van der Waals surface area contributed by atoms with E-state index in [1.54, 1.807) is 23.0 Å². The number of carbonyl (C=O) groups excluding carboxylic acids is 1. The number of aryl methyl sites for hydroxylation is 2. The number of piperidine rings is 1. The molecule has 2 aromatic heterocycles. The summed E-state index contributed by atoms with van der Waals surface area (Å²) in [7, 11) is 1.70. The molecule has 0 saturated carbocycles. The maximum Gasteiger partial charge on any atom is 0.345 e. The topological polar surface area (TPSA) is 73.0 Å². The number of hydrogen-bond acceptors (Lipinski definition) is 5. The molecule has 3 aromatic rings. The molecule has 7 nitrogen and oxygen atoms in total. The van der Waals surface area contributed by atoms with Crippen LogP contribution in [0, 0.1) is 0 Å². The predicted molar refractivity (Wildman–Crippen MR) is 114 cm³/mol. The number of likely N-dealkylation sites (tertiary alicyclic amines) is 1. The van der Waals surface area contributed by atoms with E-state index in [2.05, 4.69) is 16.1 Å². The Kier molecular flexibility index (Phi) is 5.80. The Hall–Kier alpha value is -2.48. The molecule has 1 aromatic carbocycles. The SMILES string of the molecule is CCn1c(C2CCN(C(=O)CCCc3nc4ccccc4s3)CC2)nn(C)c1=O. The van der Waals surface area contributed by atoms with E-state index < -0.39 is 0 Å². The average Bonchev–Trinajstić information content (AvgIpc) is 3.28. The number of hydrogen-bond donors (Lipinski definition) is 0. The highest BCUT2D eigenvalue weighted by Crippen LogP contribution is 2.27. The first-order valence-electron chi connectivity index (χ1n) is 10.3. The standard InChI is InChI=1S/C21H27N5O2S/c1-3-26-20(23-24(2)21(26)28)15-11-13-25(14-12-15)19(27)10-6-9-18-22-16-7-4-5-8-17(16)29-18/h4-5,7-8,15H,3,6,9-14H2,1-2H3. The minimum Gasteiger partial charge on any atom is -0.343 e. The molecule has 0 N–H and O–H groups in total. The third-order valence-electron chi connectivity index (χ3n) is 5.69. The summed E-state index contributed by atoms with van der Waals surface area (Å²) in [5.41, 5.74) is 0.983. The molecule has 0 spiro atoms. The van der Waals surface area contributed by atoms with E-state index in [-0.39, 0.29) is 17.5 Å². The van der Waals surface area contributed by atoms with Crippen molar-refractivity contribution in [3.63, 3.8) is 0 Å². The number of amides is 1. The van der Waals surface area contributed by atoms with Crippen LogP contribution in [0.1, 0.15) is 49.4 Å². The van der Waals surface area contributed by atoms with Crippen molar-refractivity contribution in [3.05, 3.63) is 45.6 Å². The van der Waals surface area contributed by atoms with E-state index in [9.17, 15) is 9.59 Å². The van der Waals surface area contributed by atoms with Gasteiger partial charge in [-0.3, -0.25) is 9.36 Å². The van der Waals surface area contributed by atoms with Gasteiger partial charge in [0.1, 0.15) is 5.82 Å². The Balaban J connectivity index is 1.28. The van der Waals surface area contributed by atoms with Gasteiger partial charge in [-0.05, 0) is 44.7 Å². The van der Waals surface area contributed by atoms with Gasteiger partial charge in [-0.25, -0.2) is 14.5 Å². The minimum absolute atomic E-state index is 0.0594. The van der Waals surface area contributed by atoms with Crippen LogP contribution in [-0.2, 0) is 24.8 Å². The van der Waals surface area contributed by atoms with Crippen molar-refractivity contribution >= 4 is 27.5 Å². The fraction of sp³-hybridized carbons (Fsp3) is 0.524. The first-order valence-corrected chi connectivity index (χ1v) is 11.1. The lowest BCUT2D eigenvalue weighted by atomic mass is 9.95. The summed E-state index contributed by atoms with van der Waals surface area (Å²) in [5, 5.41) is 5.54. The molecule has 0 bridgehead atoms. The third-order valence-corrected chi connectivity index (χ3v) is 6.78. The van der Waals surface area contributed by atoms with Crippen LogP contribution in [0.15, 0.2) is 29.1 Å². The monoisotopic (exact) mass is 413 g/mol. The number of rotatable bonds is 6. The zero-order valence-electron chi connectivity index (χ0n) is 17.0. The summed E-state index contributed by atoms with van der Waals surface area (Å²) in [4.78, 5) is 31.4. The van der Waals surface area contributed by atoms with Crippen LogP contribution in [-0.4, -0.2) is 43.2 Å². The Labute approximate surface area is 174 Å². The molecule has 1 aliphatic rings. The molecule has 29 heavy (non-hydrogen) atoms. The van der Waals surface area contributed by atoms with E-state index in [1.807, 2.05) is 30.0 Å². The van der Waals surface area contributed by atoms with Gasteiger partial charge in [-0.15, -0.1) is 11.3 Å². The van der Waals surface area contributed by atoms with Crippen molar-refractivity contribution in [1.29, 1.82) is 0 Å². The van der Waals surface area contributed by atoms with Gasteiger partial charge < -0.3 is 4.90 Å². The fourth-order valence-corrected chi connectivity index (χ4v) is 5.09. The molecule has 1 saturated heterocycles. The molecule has 154 valence electrons. The first kappa shape index (κ1) is 19.8. The fourth-order valence-electron chi connectivity index (χ4n) is 4.09. The predicted octanol–water partition coefficient (Wildman–Crippen LogP) is 2.94. The van der Waals surface area contributed by atoms with Crippen LogP contribution in [0.3, 0.4) is 0 Å². The van der Waals surface area contributed by atoms with E-state index in [0.717, 1.165) is 55.1 Å². The number of thiazole rings is 1. The molecule has 1 aliphatic heterocycles. The molecule has 8 heteroatoms. The van der Waals surface area contributed by atoms with Gasteiger partial charge in [0, 0.05) is 39.0 Å². The van der Waals surface area contributed by atoms with Crippen LogP contribution >= 0.6 is 11.3 Å². The molecule has 3 heterocycles. The summed E-state index contributed by atoms with van der Waals surface area (Å²) in [6.45, 7) is 4.07. The number of para-hydroxylation sites is 1. The van der Waals surface area contributed by atoms with Crippen molar-refractivity contribution in [1.82, 2.24) is 24.2 Å². The largest absolute Gasteiger partial charge is 0.345 e. The molecule has 0 radical (unpaired) electrons. The second kappa shape index (κ2) is 8.49. The maximum absolute atomic E-state index is 12.6.